The Bertz CT molecular complexity index is 120. The molecule has 0 bridgehead atoms. The predicted molar refractivity (Wildman–Crippen MR) is 43.8 cm³/mol. The lowest BCUT2D eigenvalue weighted by atomic mass is 10.6. The summed E-state index contributed by atoms with van der Waals surface area (Å²) in [5.41, 5.74) is 4.26. The van der Waals surface area contributed by atoms with E-state index >= 15 is 0 Å². The molecule has 0 aliphatic carbocycles. The second kappa shape index (κ2) is 4.17. The molecule has 1 rings (SSSR count). The molecule has 0 amide bonds. The summed E-state index contributed by atoms with van der Waals surface area (Å²) in [6.07, 6.45) is 2.03. The summed E-state index contributed by atoms with van der Waals surface area (Å²) in [4.78, 5) is 0. The van der Waals surface area contributed by atoms with Crippen LogP contribution in [0.15, 0.2) is 11.9 Å². The molecular formula is C7H17N3. The maximum Gasteiger partial charge on any atom is 0.0424 e. The van der Waals surface area contributed by atoms with Crippen molar-refractivity contribution in [2.45, 2.75) is 20.8 Å². The van der Waals surface area contributed by atoms with Crippen LogP contribution in [0.2, 0.25) is 0 Å². The Balaban J connectivity index is 0.000000371. The molecule has 0 saturated carbocycles. The normalized spacial score (nSPS) is 17.3. The van der Waals surface area contributed by atoms with Crippen LogP contribution in [0.3, 0.4) is 0 Å². The van der Waals surface area contributed by atoms with Crippen LogP contribution >= 0.6 is 0 Å². The molecule has 60 valence electrons. The minimum atomic E-state index is 1.18. The fourth-order valence-electron chi connectivity index (χ4n) is 0.730. The van der Waals surface area contributed by atoms with E-state index in [-0.39, 0.29) is 0 Å². The van der Waals surface area contributed by atoms with E-state index in [9.17, 15) is 0 Å². The van der Waals surface area contributed by atoms with Gasteiger partial charge in [-0.2, -0.15) is 0 Å². The summed E-state index contributed by atoms with van der Waals surface area (Å²) in [6, 6.07) is 0. The summed E-state index contributed by atoms with van der Waals surface area (Å²) in [5, 5.41) is 3.89. The van der Waals surface area contributed by atoms with Crippen molar-refractivity contribution in [3.63, 3.8) is 0 Å². The number of rotatable bonds is 0. The van der Waals surface area contributed by atoms with Crippen LogP contribution in [0.4, 0.5) is 0 Å². The molecule has 0 aromatic heterocycles. The van der Waals surface area contributed by atoms with Gasteiger partial charge in [0.2, 0.25) is 0 Å². The fourth-order valence-corrected chi connectivity index (χ4v) is 0.730. The first kappa shape index (κ1) is 9.30. The number of hydrazine groups is 2. The van der Waals surface area contributed by atoms with Gasteiger partial charge in [0.25, 0.3) is 0 Å². The Labute approximate surface area is 63.2 Å². The maximum atomic E-state index is 3.09. The van der Waals surface area contributed by atoms with Crippen molar-refractivity contribution in [3.8, 4) is 0 Å². The third kappa shape index (κ3) is 2.27. The van der Waals surface area contributed by atoms with E-state index in [1.807, 2.05) is 51.2 Å². The molecule has 0 aromatic carbocycles. The van der Waals surface area contributed by atoms with E-state index in [4.69, 9.17) is 0 Å². The lowest BCUT2D eigenvalue weighted by Gasteiger charge is -2.18. The molecule has 1 N–H and O–H groups in total. The van der Waals surface area contributed by atoms with Gasteiger partial charge in [0.05, 0.1) is 0 Å². The van der Waals surface area contributed by atoms with Crippen LogP contribution in [0.5, 0.6) is 0 Å². The number of nitrogens with zero attached hydrogens (tertiary/aromatic N) is 2. The van der Waals surface area contributed by atoms with Gasteiger partial charge in [0.15, 0.2) is 0 Å². The third-order valence-corrected chi connectivity index (χ3v) is 1.19. The molecule has 10 heavy (non-hydrogen) atoms. The molecule has 0 unspecified atom stereocenters. The zero-order valence-corrected chi connectivity index (χ0v) is 7.47. The van der Waals surface area contributed by atoms with Crippen molar-refractivity contribution in [1.82, 2.24) is 15.6 Å². The predicted octanol–water partition coefficient (Wildman–Crippen LogP) is 1.17. The number of nitrogens with one attached hydrogen (secondary N) is 1. The van der Waals surface area contributed by atoms with Crippen molar-refractivity contribution >= 4 is 0 Å². The van der Waals surface area contributed by atoms with E-state index in [1.54, 1.807) is 0 Å². The molecule has 0 saturated heterocycles. The monoisotopic (exact) mass is 143 g/mol. The van der Waals surface area contributed by atoms with Gasteiger partial charge in [-0.1, -0.05) is 13.8 Å². The van der Waals surface area contributed by atoms with E-state index in [2.05, 4.69) is 5.43 Å². The Morgan fingerprint density at radius 2 is 1.80 bits per heavy atom. The molecule has 1 aliphatic heterocycles. The number of hydrogen-bond donors (Lipinski definition) is 1. The van der Waals surface area contributed by atoms with Crippen LogP contribution in [0, 0.1) is 0 Å². The fraction of sp³-hybridized carbons (Fsp3) is 0.714. The van der Waals surface area contributed by atoms with Crippen LogP contribution < -0.4 is 5.43 Å². The van der Waals surface area contributed by atoms with Crippen LogP contribution in [0.25, 0.3) is 0 Å². The Morgan fingerprint density at radius 3 is 1.90 bits per heavy atom. The molecule has 1 heterocycles. The highest BCUT2D eigenvalue weighted by atomic mass is 15.8. The van der Waals surface area contributed by atoms with Crippen molar-refractivity contribution in [2.24, 2.45) is 0 Å². The highest BCUT2D eigenvalue weighted by Crippen LogP contribution is 2.01. The van der Waals surface area contributed by atoms with E-state index in [0.29, 0.717) is 0 Å². The second-order valence-electron chi connectivity index (χ2n) is 2.02. The minimum Gasteiger partial charge on any atom is -0.304 e. The first-order valence-corrected chi connectivity index (χ1v) is 3.61. The van der Waals surface area contributed by atoms with Gasteiger partial charge in [-0.25, -0.2) is 0 Å². The molecule has 0 fully saturated rings. The summed E-state index contributed by atoms with van der Waals surface area (Å²) in [7, 11) is 3.95. The maximum absolute atomic E-state index is 3.09. The standard InChI is InChI=1S/C5H11N3.C2H6/c1-5-4-7(2)8(3)6-5;1-2/h4,6H,1-3H3;1-2H3. The highest BCUT2D eigenvalue weighted by Gasteiger charge is 2.07. The van der Waals surface area contributed by atoms with E-state index in [0.717, 1.165) is 0 Å². The summed E-state index contributed by atoms with van der Waals surface area (Å²) in [5.74, 6) is 0. The van der Waals surface area contributed by atoms with Gasteiger partial charge >= 0.3 is 0 Å². The zero-order valence-electron chi connectivity index (χ0n) is 7.47. The van der Waals surface area contributed by atoms with Crippen molar-refractivity contribution in [3.05, 3.63) is 11.9 Å². The highest BCUT2D eigenvalue weighted by molar-refractivity contribution is 4.96. The molecule has 0 atom stereocenters. The van der Waals surface area contributed by atoms with E-state index in [1.165, 1.54) is 5.70 Å². The van der Waals surface area contributed by atoms with Gasteiger partial charge < -0.3 is 5.43 Å². The first-order chi connectivity index (χ1) is 4.70. The lowest BCUT2D eigenvalue weighted by Crippen LogP contribution is -2.35. The van der Waals surface area contributed by atoms with E-state index < -0.39 is 0 Å². The van der Waals surface area contributed by atoms with Gasteiger partial charge in [0.1, 0.15) is 0 Å². The summed E-state index contributed by atoms with van der Waals surface area (Å²) >= 11 is 0. The van der Waals surface area contributed by atoms with Crippen LogP contribution in [0.1, 0.15) is 20.8 Å². The molecule has 0 radical (unpaired) electrons. The molecule has 1 aliphatic rings. The van der Waals surface area contributed by atoms with Gasteiger partial charge in [-0.15, -0.1) is 5.12 Å². The topological polar surface area (TPSA) is 18.5 Å². The minimum absolute atomic E-state index is 1.18. The average Bonchev–Trinajstić information content (AvgIpc) is 2.16. The van der Waals surface area contributed by atoms with Gasteiger partial charge in [-0.3, -0.25) is 5.01 Å². The molecular weight excluding hydrogens is 126 g/mol. The van der Waals surface area contributed by atoms with Crippen molar-refractivity contribution < 1.29 is 0 Å². The van der Waals surface area contributed by atoms with Crippen molar-refractivity contribution in [2.75, 3.05) is 14.1 Å². The van der Waals surface area contributed by atoms with Crippen LogP contribution in [-0.2, 0) is 0 Å². The lowest BCUT2D eigenvalue weighted by molar-refractivity contribution is 0.0630. The smallest absolute Gasteiger partial charge is 0.0424 e. The quantitative estimate of drug-likeness (QED) is 0.549. The third-order valence-electron chi connectivity index (χ3n) is 1.19. The average molecular weight is 143 g/mol. The number of hydrogen-bond acceptors (Lipinski definition) is 3. The largest absolute Gasteiger partial charge is 0.304 e. The van der Waals surface area contributed by atoms with Gasteiger partial charge in [-0.05, 0) is 6.92 Å². The summed E-state index contributed by atoms with van der Waals surface area (Å²) in [6.45, 7) is 6.03. The van der Waals surface area contributed by atoms with Gasteiger partial charge in [0, 0.05) is 26.0 Å². The Morgan fingerprint density at radius 1 is 1.30 bits per heavy atom. The number of allylic oxidation sites excluding steroid dienone is 1. The van der Waals surface area contributed by atoms with Crippen LogP contribution in [-0.4, -0.2) is 24.2 Å². The molecule has 3 nitrogen and oxygen atoms in total. The summed E-state index contributed by atoms with van der Waals surface area (Å²) < 4.78 is 0. The first-order valence-electron chi connectivity index (χ1n) is 3.61. The molecule has 3 heteroatoms. The second-order valence-corrected chi connectivity index (χ2v) is 2.02. The molecule has 0 aromatic rings. The zero-order chi connectivity index (χ0) is 8.15. The Hall–Kier alpha value is -0.700. The van der Waals surface area contributed by atoms with Crippen molar-refractivity contribution in [1.29, 1.82) is 0 Å². The Kier molecular flexibility index (Phi) is 3.88. The SMILES string of the molecule is CC.CC1=CN(C)N(C)N1. The molecule has 0 spiro atoms.